The molecule has 0 amide bonds. The van der Waals surface area contributed by atoms with Gasteiger partial charge in [-0.25, -0.2) is 4.68 Å². The van der Waals surface area contributed by atoms with Crippen molar-refractivity contribution in [2.24, 2.45) is 5.92 Å². The molecule has 1 unspecified atom stereocenters. The maximum Gasteiger partial charge on any atom is 0.291 e. The zero-order valence-corrected chi connectivity index (χ0v) is 13.8. The maximum absolute atomic E-state index is 12.4. The van der Waals surface area contributed by atoms with E-state index in [9.17, 15) is 4.79 Å². The molecule has 0 saturated heterocycles. The molecule has 106 valence electrons. The van der Waals surface area contributed by atoms with Gasteiger partial charge in [-0.05, 0) is 47.9 Å². The Labute approximate surface area is 126 Å². The number of hydrogen-bond donors (Lipinski definition) is 1. The highest BCUT2D eigenvalue weighted by atomic mass is 79.9. The van der Waals surface area contributed by atoms with Crippen molar-refractivity contribution in [3.05, 3.63) is 21.0 Å². The summed E-state index contributed by atoms with van der Waals surface area (Å²) in [4.78, 5) is 12.4. The van der Waals surface area contributed by atoms with Crippen molar-refractivity contribution in [3.8, 4) is 0 Å². The van der Waals surface area contributed by atoms with Crippen LogP contribution in [0.4, 0.5) is 5.69 Å². The van der Waals surface area contributed by atoms with E-state index in [0.717, 1.165) is 16.8 Å². The molecule has 0 spiro atoms. The van der Waals surface area contributed by atoms with Gasteiger partial charge in [0.25, 0.3) is 5.56 Å². The van der Waals surface area contributed by atoms with Gasteiger partial charge in [-0.15, -0.1) is 0 Å². The topological polar surface area (TPSA) is 46.9 Å². The van der Waals surface area contributed by atoms with Crippen LogP contribution in [0.25, 0.3) is 0 Å². The van der Waals surface area contributed by atoms with Crippen molar-refractivity contribution in [1.82, 2.24) is 9.78 Å². The summed E-state index contributed by atoms with van der Waals surface area (Å²) in [5.41, 5.74) is 0.616. The van der Waals surface area contributed by atoms with Gasteiger partial charge in [0, 0.05) is 18.3 Å². The maximum atomic E-state index is 12.4. The Morgan fingerprint density at radius 1 is 1.63 bits per heavy atom. The van der Waals surface area contributed by atoms with Gasteiger partial charge < -0.3 is 5.32 Å². The third-order valence-electron chi connectivity index (χ3n) is 3.46. The molecule has 6 heteroatoms. The molecule has 1 aromatic rings. The molecule has 2 rings (SSSR count). The third-order valence-corrected chi connectivity index (χ3v) is 4.90. The zero-order chi connectivity index (χ0) is 13.8. The minimum absolute atomic E-state index is 0.0192. The Bertz CT molecular complexity index is 487. The highest BCUT2D eigenvalue weighted by Crippen LogP contribution is 2.27. The fourth-order valence-electron chi connectivity index (χ4n) is 2.19. The number of nitrogens with zero attached hydrogens (tertiary/aromatic N) is 2. The highest BCUT2D eigenvalue weighted by Gasteiger charge is 2.20. The van der Waals surface area contributed by atoms with Crippen LogP contribution in [0, 0.1) is 5.92 Å². The minimum Gasteiger partial charge on any atom is -0.376 e. The van der Waals surface area contributed by atoms with Crippen molar-refractivity contribution in [2.45, 2.75) is 38.8 Å². The number of halogens is 1. The van der Waals surface area contributed by atoms with Crippen LogP contribution in [0.3, 0.4) is 0 Å². The molecule has 0 bridgehead atoms. The summed E-state index contributed by atoms with van der Waals surface area (Å²) in [6, 6.07) is 0.263. The molecule has 1 saturated carbocycles. The van der Waals surface area contributed by atoms with Crippen LogP contribution in [0.2, 0.25) is 0 Å². The van der Waals surface area contributed by atoms with E-state index in [1.807, 2.05) is 0 Å². The number of thioether (sulfide) groups is 1. The first-order valence-electron chi connectivity index (χ1n) is 6.63. The van der Waals surface area contributed by atoms with Crippen molar-refractivity contribution in [3.63, 3.8) is 0 Å². The number of anilines is 1. The average molecular weight is 346 g/mol. The van der Waals surface area contributed by atoms with Crippen LogP contribution >= 0.6 is 27.7 Å². The van der Waals surface area contributed by atoms with Gasteiger partial charge in [0.2, 0.25) is 0 Å². The second-order valence-corrected chi connectivity index (χ2v) is 6.92. The molecule has 1 aromatic heterocycles. The fraction of sp³-hybridized carbons (Fsp3) is 0.692. The minimum atomic E-state index is -0.0192. The summed E-state index contributed by atoms with van der Waals surface area (Å²) in [6.07, 6.45) is 7.50. The first-order valence-corrected chi connectivity index (χ1v) is 8.81. The van der Waals surface area contributed by atoms with Crippen LogP contribution in [0.15, 0.2) is 15.5 Å². The molecule has 4 nitrogen and oxygen atoms in total. The lowest BCUT2D eigenvalue weighted by Gasteiger charge is -2.25. The Balaban J connectivity index is 2.16. The molecule has 1 atom stereocenters. The second kappa shape index (κ2) is 6.79. The number of nitrogens with one attached hydrogen (secondary N) is 1. The van der Waals surface area contributed by atoms with Gasteiger partial charge in [0.05, 0.1) is 10.7 Å². The smallest absolute Gasteiger partial charge is 0.291 e. The SMILES string of the molecule is CSCC(C)Nc1c(Br)cnn(CC2CCC2)c1=O. The van der Waals surface area contributed by atoms with Gasteiger partial charge in [0.15, 0.2) is 0 Å². The first-order chi connectivity index (χ1) is 9.11. The molecule has 19 heavy (non-hydrogen) atoms. The van der Waals surface area contributed by atoms with Crippen LogP contribution in [-0.4, -0.2) is 27.8 Å². The lowest BCUT2D eigenvalue weighted by molar-refractivity contribution is 0.262. The molecule has 1 N–H and O–H groups in total. The fourth-order valence-corrected chi connectivity index (χ4v) is 3.15. The third kappa shape index (κ3) is 3.75. The lowest BCUT2D eigenvalue weighted by Crippen LogP contribution is -2.32. The second-order valence-electron chi connectivity index (χ2n) is 5.15. The van der Waals surface area contributed by atoms with Crippen molar-refractivity contribution in [1.29, 1.82) is 0 Å². The first kappa shape index (κ1) is 14.9. The monoisotopic (exact) mass is 345 g/mol. The summed E-state index contributed by atoms with van der Waals surface area (Å²) in [6.45, 7) is 2.83. The zero-order valence-electron chi connectivity index (χ0n) is 11.4. The van der Waals surface area contributed by atoms with E-state index in [4.69, 9.17) is 0 Å². The van der Waals surface area contributed by atoms with Gasteiger partial charge >= 0.3 is 0 Å². The summed E-state index contributed by atoms with van der Waals surface area (Å²) < 4.78 is 2.35. The molecular weight excluding hydrogens is 326 g/mol. The lowest BCUT2D eigenvalue weighted by atomic mass is 9.85. The molecule has 1 aliphatic carbocycles. The van der Waals surface area contributed by atoms with E-state index < -0.39 is 0 Å². The standard InChI is InChI=1S/C13H20BrN3OS/c1-9(8-19-2)16-12-11(14)6-15-17(13(12)18)7-10-4-3-5-10/h6,9-10,16H,3-5,7-8H2,1-2H3. The van der Waals surface area contributed by atoms with E-state index in [-0.39, 0.29) is 11.6 Å². The van der Waals surface area contributed by atoms with E-state index >= 15 is 0 Å². The predicted octanol–water partition coefficient (Wildman–Crippen LogP) is 2.97. The Morgan fingerprint density at radius 3 is 2.95 bits per heavy atom. The van der Waals surface area contributed by atoms with Gasteiger partial charge in [-0.1, -0.05) is 6.42 Å². The molecule has 1 fully saturated rings. The summed E-state index contributed by atoms with van der Waals surface area (Å²) in [7, 11) is 0. The molecule has 1 aliphatic rings. The number of hydrogen-bond acceptors (Lipinski definition) is 4. The van der Waals surface area contributed by atoms with Crippen molar-refractivity contribution >= 4 is 33.4 Å². The summed E-state index contributed by atoms with van der Waals surface area (Å²) >= 11 is 5.18. The van der Waals surface area contributed by atoms with Gasteiger partial charge in [0.1, 0.15) is 5.69 Å². The van der Waals surface area contributed by atoms with E-state index in [2.05, 4.69) is 39.5 Å². The van der Waals surface area contributed by atoms with Gasteiger partial charge in [-0.2, -0.15) is 16.9 Å². The molecule has 0 aromatic carbocycles. The molecule has 1 heterocycles. The van der Waals surface area contributed by atoms with E-state index in [0.29, 0.717) is 11.6 Å². The van der Waals surface area contributed by atoms with Crippen molar-refractivity contribution in [2.75, 3.05) is 17.3 Å². The number of aromatic nitrogens is 2. The Hall–Kier alpha value is -0.490. The molecule has 0 radical (unpaired) electrons. The Morgan fingerprint density at radius 2 is 2.37 bits per heavy atom. The van der Waals surface area contributed by atoms with Crippen LogP contribution in [0.1, 0.15) is 26.2 Å². The molecule has 0 aliphatic heterocycles. The highest BCUT2D eigenvalue weighted by molar-refractivity contribution is 9.10. The van der Waals surface area contributed by atoms with Crippen LogP contribution in [0.5, 0.6) is 0 Å². The van der Waals surface area contributed by atoms with Crippen molar-refractivity contribution < 1.29 is 0 Å². The quantitative estimate of drug-likeness (QED) is 0.860. The normalized spacial score (nSPS) is 17.0. The van der Waals surface area contributed by atoms with Crippen LogP contribution < -0.4 is 10.9 Å². The van der Waals surface area contributed by atoms with E-state index in [1.54, 1.807) is 22.6 Å². The predicted molar refractivity (Wildman–Crippen MR) is 85.0 cm³/mol. The van der Waals surface area contributed by atoms with E-state index in [1.165, 1.54) is 19.3 Å². The largest absolute Gasteiger partial charge is 0.376 e. The van der Waals surface area contributed by atoms with Gasteiger partial charge in [-0.3, -0.25) is 4.79 Å². The Kier molecular flexibility index (Phi) is 5.33. The van der Waals surface area contributed by atoms with Crippen LogP contribution in [-0.2, 0) is 6.54 Å². The summed E-state index contributed by atoms with van der Waals surface area (Å²) in [5, 5.41) is 7.51. The molecular formula is C13H20BrN3OS. The average Bonchev–Trinajstić information content (AvgIpc) is 2.32. The summed E-state index contributed by atoms with van der Waals surface area (Å²) in [5.74, 6) is 1.60. The number of rotatable bonds is 6.